The summed E-state index contributed by atoms with van der Waals surface area (Å²) < 4.78 is 7.42. The van der Waals surface area contributed by atoms with Crippen molar-refractivity contribution in [2.75, 3.05) is 7.11 Å². The van der Waals surface area contributed by atoms with Crippen molar-refractivity contribution in [3.8, 4) is 5.75 Å². The second kappa shape index (κ2) is 6.14. The molecule has 0 bridgehead atoms. The Hall–Kier alpha value is -1.74. The van der Waals surface area contributed by atoms with Crippen molar-refractivity contribution in [3.63, 3.8) is 0 Å². The van der Waals surface area contributed by atoms with Crippen molar-refractivity contribution >= 4 is 0 Å². The van der Waals surface area contributed by atoms with E-state index in [9.17, 15) is 0 Å². The molecule has 0 unspecified atom stereocenters. The molecule has 3 nitrogen and oxygen atoms in total. The summed E-state index contributed by atoms with van der Waals surface area (Å²) in [5, 5.41) is 3.58. The Labute approximate surface area is 121 Å². The first kappa shape index (κ1) is 14.7. The van der Waals surface area contributed by atoms with Crippen LogP contribution in [0.4, 0.5) is 0 Å². The summed E-state index contributed by atoms with van der Waals surface area (Å²) >= 11 is 0. The van der Waals surface area contributed by atoms with Gasteiger partial charge in [-0.15, -0.1) is 0 Å². The molecule has 0 aliphatic carbocycles. The van der Waals surface area contributed by atoms with Gasteiger partial charge in [-0.25, -0.2) is 0 Å². The molecular weight excluding hydrogens is 248 g/mol. The number of benzene rings is 1. The largest absolute Gasteiger partial charge is 0.497 e. The van der Waals surface area contributed by atoms with Gasteiger partial charge in [-0.05, 0) is 50.1 Å². The minimum Gasteiger partial charge on any atom is -0.497 e. The van der Waals surface area contributed by atoms with Gasteiger partial charge in [-0.2, -0.15) is 0 Å². The van der Waals surface area contributed by atoms with Crippen LogP contribution in [0.1, 0.15) is 35.5 Å². The molecule has 2 aromatic rings. The number of hydrogen-bond acceptors (Lipinski definition) is 2. The van der Waals surface area contributed by atoms with E-state index >= 15 is 0 Å². The van der Waals surface area contributed by atoms with Crippen LogP contribution in [0.5, 0.6) is 5.75 Å². The van der Waals surface area contributed by atoms with E-state index in [2.05, 4.69) is 55.9 Å². The van der Waals surface area contributed by atoms with Gasteiger partial charge in [0.2, 0.25) is 0 Å². The Balaban J connectivity index is 2.00. The molecule has 0 amide bonds. The third-order valence-electron chi connectivity index (χ3n) is 4.09. The van der Waals surface area contributed by atoms with E-state index in [0.29, 0.717) is 6.04 Å². The monoisotopic (exact) mass is 272 g/mol. The van der Waals surface area contributed by atoms with Crippen molar-refractivity contribution in [1.82, 2.24) is 9.88 Å². The molecule has 0 radical (unpaired) electrons. The highest BCUT2D eigenvalue weighted by atomic mass is 16.5. The van der Waals surface area contributed by atoms with Crippen LogP contribution in [0.3, 0.4) is 0 Å². The summed E-state index contributed by atoms with van der Waals surface area (Å²) in [4.78, 5) is 0. The van der Waals surface area contributed by atoms with Gasteiger partial charge >= 0.3 is 0 Å². The van der Waals surface area contributed by atoms with Crippen molar-refractivity contribution in [2.45, 2.75) is 33.4 Å². The van der Waals surface area contributed by atoms with Gasteiger partial charge in [-0.1, -0.05) is 12.1 Å². The normalized spacial score (nSPS) is 12.4. The number of nitrogens with zero attached hydrogens (tertiary/aromatic N) is 1. The van der Waals surface area contributed by atoms with E-state index < -0.39 is 0 Å². The zero-order valence-electron chi connectivity index (χ0n) is 13.0. The standard InChI is InChI=1S/C17H24N2O/c1-12-10-16(14(3)19(12)4)11-18-13(2)15-6-8-17(20-5)9-7-15/h6-10,13,18H,11H2,1-5H3/t13-/m0/s1. The van der Waals surface area contributed by atoms with Crippen molar-refractivity contribution in [2.24, 2.45) is 7.05 Å². The summed E-state index contributed by atoms with van der Waals surface area (Å²) in [7, 11) is 3.80. The topological polar surface area (TPSA) is 26.2 Å². The molecule has 20 heavy (non-hydrogen) atoms. The quantitative estimate of drug-likeness (QED) is 0.901. The first-order valence-corrected chi connectivity index (χ1v) is 7.02. The van der Waals surface area contributed by atoms with E-state index in [1.807, 2.05) is 12.1 Å². The lowest BCUT2D eigenvalue weighted by Gasteiger charge is -2.15. The van der Waals surface area contributed by atoms with Crippen LogP contribution in [0, 0.1) is 13.8 Å². The van der Waals surface area contributed by atoms with Gasteiger partial charge in [0.15, 0.2) is 0 Å². The molecule has 0 aliphatic rings. The smallest absolute Gasteiger partial charge is 0.118 e. The lowest BCUT2D eigenvalue weighted by atomic mass is 10.1. The predicted molar refractivity (Wildman–Crippen MR) is 83.1 cm³/mol. The first-order valence-electron chi connectivity index (χ1n) is 7.02. The van der Waals surface area contributed by atoms with Crippen molar-refractivity contribution in [1.29, 1.82) is 0 Å². The van der Waals surface area contributed by atoms with Crippen molar-refractivity contribution in [3.05, 3.63) is 52.8 Å². The Bertz CT molecular complexity index is 569. The predicted octanol–water partition coefficient (Wildman–Crippen LogP) is 3.50. The highest BCUT2D eigenvalue weighted by Gasteiger charge is 2.09. The molecule has 2 rings (SSSR count). The molecule has 1 heterocycles. The maximum Gasteiger partial charge on any atom is 0.118 e. The van der Waals surface area contributed by atoms with Crippen LogP contribution in [-0.4, -0.2) is 11.7 Å². The Morgan fingerprint density at radius 3 is 2.35 bits per heavy atom. The van der Waals surface area contributed by atoms with E-state index in [-0.39, 0.29) is 0 Å². The first-order chi connectivity index (χ1) is 9.52. The minimum absolute atomic E-state index is 0.320. The molecule has 1 atom stereocenters. The summed E-state index contributed by atoms with van der Waals surface area (Å²) in [6.45, 7) is 7.39. The van der Waals surface area contributed by atoms with E-state index in [0.717, 1.165) is 12.3 Å². The fraction of sp³-hybridized carbons (Fsp3) is 0.412. The molecule has 1 N–H and O–H groups in total. The van der Waals surface area contributed by atoms with Crippen LogP contribution in [0.15, 0.2) is 30.3 Å². The zero-order valence-corrected chi connectivity index (χ0v) is 13.0. The summed E-state index contributed by atoms with van der Waals surface area (Å²) in [6.07, 6.45) is 0. The van der Waals surface area contributed by atoms with E-state index in [1.54, 1.807) is 7.11 Å². The molecule has 108 valence electrons. The van der Waals surface area contributed by atoms with Crippen molar-refractivity contribution < 1.29 is 4.74 Å². The molecule has 1 aromatic heterocycles. The Morgan fingerprint density at radius 1 is 1.20 bits per heavy atom. The van der Waals surface area contributed by atoms with Crippen LogP contribution in [0.2, 0.25) is 0 Å². The van der Waals surface area contributed by atoms with Crippen LogP contribution >= 0.6 is 0 Å². The van der Waals surface area contributed by atoms with Crippen LogP contribution in [0.25, 0.3) is 0 Å². The molecule has 0 saturated heterocycles. The summed E-state index contributed by atoms with van der Waals surface area (Å²) in [5.74, 6) is 0.899. The van der Waals surface area contributed by atoms with E-state index in [4.69, 9.17) is 4.74 Å². The summed E-state index contributed by atoms with van der Waals surface area (Å²) in [5.41, 5.74) is 5.27. The number of nitrogens with one attached hydrogen (secondary N) is 1. The third-order valence-corrected chi connectivity index (χ3v) is 4.09. The average molecular weight is 272 g/mol. The Morgan fingerprint density at radius 2 is 1.85 bits per heavy atom. The fourth-order valence-corrected chi connectivity index (χ4v) is 2.39. The highest BCUT2D eigenvalue weighted by Crippen LogP contribution is 2.19. The van der Waals surface area contributed by atoms with Gasteiger partial charge in [0.1, 0.15) is 5.75 Å². The maximum atomic E-state index is 5.19. The SMILES string of the molecule is COc1ccc([C@H](C)NCc2cc(C)n(C)c2C)cc1. The van der Waals surface area contributed by atoms with Gasteiger partial charge in [0.05, 0.1) is 7.11 Å². The van der Waals surface area contributed by atoms with E-state index in [1.165, 1.54) is 22.5 Å². The lowest BCUT2D eigenvalue weighted by molar-refractivity contribution is 0.414. The van der Waals surface area contributed by atoms with Gasteiger partial charge in [0.25, 0.3) is 0 Å². The molecule has 0 saturated carbocycles. The molecule has 0 aliphatic heterocycles. The Kier molecular flexibility index (Phi) is 4.50. The number of aryl methyl sites for hydroxylation is 1. The van der Waals surface area contributed by atoms with Crippen LogP contribution < -0.4 is 10.1 Å². The third kappa shape index (κ3) is 3.05. The van der Waals surface area contributed by atoms with Gasteiger partial charge in [0, 0.05) is 31.0 Å². The highest BCUT2D eigenvalue weighted by molar-refractivity contribution is 5.30. The molecular formula is C17H24N2O. The molecule has 0 fully saturated rings. The molecule has 1 aromatic carbocycles. The average Bonchev–Trinajstić information content (AvgIpc) is 2.72. The number of methoxy groups -OCH3 is 1. The maximum absolute atomic E-state index is 5.19. The number of ether oxygens (including phenoxy) is 1. The van der Waals surface area contributed by atoms with Crippen LogP contribution in [-0.2, 0) is 13.6 Å². The second-order valence-electron chi connectivity index (χ2n) is 5.33. The zero-order chi connectivity index (χ0) is 14.7. The molecule has 0 spiro atoms. The molecule has 3 heteroatoms. The van der Waals surface area contributed by atoms with Gasteiger partial charge in [-0.3, -0.25) is 0 Å². The summed E-state index contributed by atoms with van der Waals surface area (Å²) in [6, 6.07) is 10.8. The number of rotatable bonds is 5. The second-order valence-corrected chi connectivity index (χ2v) is 5.33. The minimum atomic E-state index is 0.320. The number of hydrogen-bond donors (Lipinski definition) is 1. The lowest BCUT2D eigenvalue weighted by Crippen LogP contribution is -2.18. The number of aromatic nitrogens is 1. The van der Waals surface area contributed by atoms with Gasteiger partial charge < -0.3 is 14.6 Å². The fourth-order valence-electron chi connectivity index (χ4n) is 2.39.